The molecule has 2 aromatic rings. The molecule has 18 nitrogen and oxygen atoms in total. The van der Waals surface area contributed by atoms with Crippen LogP contribution in [-0.2, 0) is 24.0 Å². The number of β-lactam (4-membered cyclic amide) rings is 1. The molecule has 7 N–H and O–H groups in total. The maximum atomic E-state index is 13.5. The lowest BCUT2D eigenvalue weighted by molar-refractivity contribution is -0.161. The lowest BCUT2D eigenvalue weighted by Crippen LogP contribution is -2.71. The summed E-state index contributed by atoms with van der Waals surface area (Å²) in [6.07, 6.45) is 4.08. The minimum Gasteiger partial charge on any atom is -0.504 e. The smallest absolute Gasteiger partial charge is 0.352 e. The maximum absolute atomic E-state index is 13.5. The number of amides is 3. The van der Waals surface area contributed by atoms with E-state index in [2.05, 4.69) is 31.7 Å². The van der Waals surface area contributed by atoms with Gasteiger partial charge in [0, 0.05) is 48.5 Å². The van der Waals surface area contributed by atoms with Gasteiger partial charge in [-0.2, -0.15) is 9.36 Å². The van der Waals surface area contributed by atoms with Crippen molar-refractivity contribution in [2.75, 3.05) is 37.7 Å². The van der Waals surface area contributed by atoms with Gasteiger partial charge in [-0.05, 0) is 63.4 Å². The van der Waals surface area contributed by atoms with Gasteiger partial charge in [-0.1, -0.05) is 24.9 Å². The van der Waals surface area contributed by atoms with E-state index in [-0.39, 0.29) is 51.4 Å². The third-order valence-corrected chi connectivity index (χ3v) is 11.1. The Morgan fingerprint density at radius 3 is 2.45 bits per heavy atom. The minimum absolute atomic E-state index is 0.00787. The normalized spacial score (nSPS) is 19.5. The van der Waals surface area contributed by atoms with Crippen LogP contribution < -0.4 is 11.1 Å². The summed E-state index contributed by atoms with van der Waals surface area (Å²) < 4.78 is 3.96. The number of hydrogen-bond donors (Lipinski definition) is 6. The van der Waals surface area contributed by atoms with Crippen LogP contribution in [-0.4, -0.2) is 135 Å². The first-order chi connectivity index (χ1) is 25.1. The van der Waals surface area contributed by atoms with E-state index in [9.17, 15) is 44.4 Å². The number of oxime groups is 1. The molecule has 2 fully saturated rings. The number of nitrogens with zero attached hydrogens (tertiary/aromatic N) is 6. The summed E-state index contributed by atoms with van der Waals surface area (Å²) in [4.78, 5) is 78.5. The standard InChI is InChI=1S/C33H42N8O10S2/c1-4-5-6-11-40(19-9-12-39(13-10-19)27(45)17-7-8-20(42)21(43)14-17)15-18-16-52-29-23(28(46)41(29)24(18)30(47)48)35-26(44)22(25-36-32(34)53-38-25)37-51-33(2,3)31(49)50/h7-8,14,19,23,29,42-43H,4-6,9-13,15-16H2,1-3H3,(H,35,44)(H,47,48)(H,49,50)(H2,34,36,38)/b37-22-/t23-,29-/m1/s1. The number of nitrogen functional groups attached to an aromatic ring is 1. The first-order valence-electron chi connectivity index (χ1n) is 17.0. The molecule has 0 unspecified atom stereocenters. The fraction of sp³-hybridized carbons (Fsp3) is 0.515. The summed E-state index contributed by atoms with van der Waals surface area (Å²) in [5.74, 6) is -5.13. The number of nitrogens with two attached hydrogens (primary N) is 1. The zero-order valence-electron chi connectivity index (χ0n) is 29.4. The number of hydrogen-bond acceptors (Lipinski definition) is 15. The summed E-state index contributed by atoms with van der Waals surface area (Å²) in [5.41, 5.74) is 4.04. The fourth-order valence-electron chi connectivity index (χ4n) is 6.20. The van der Waals surface area contributed by atoms with Crippen molar-refractivity contribution in [2.24, 2.45) is 5.16 Å². The third kappa shape index (κ3) is 8.65. The van der Waals surface area contributed by atoms with Crippen LogP contribution in [0.1, 0.15) is 69.1 Å². The van der Waals surface area contributed by atoms with Crippen LogP contribution in [0.5, 0.6) is 11.5 Å². The summed E-state index contributed by atoms with van der Waals surface area (Å²) in [6, 6.07) is 2.87. The van der Waals surface area contributed by atoms with E-state index in [1.165, 1.54) is 48.7 Å². The van der Waals surface area contributed by atoms with Crippen molar-refractivity contribution in [3.05, 3.63) is 40.9 Å². The van der Waals surface area contributed by atoms with Crippen LogP contribution in [0.4, 0.5) is 5.13 Å². The first kappa shape index (κ1) is 39.3. The second kappa shape index (κ2) is 16.4. The molecule has 0 saturated carbocycles. The SMILES string of the molecule is CCCCCN(CC1=C(C(=O)O)N2C(=O)[C@@H](NC(=O)/C(=N\OC(C)(C)C(=O)O)c3nsc(N)n3)[C@H]2SC1)C1CCN(C(=O)c2ccc(O)c(O)c2)CC1. The van der Waals surface area contributed by atoms with Gasteiger partial charge in [0.1, 0.15) is 17.1 Å². The number of nitrogens with one attached hydrogen (secondary N) is 1. The Morgan fingerprint density at radius 1 is 1.13 bits per heavy atom. The van der Waals surface area contributed by atoms with Crippen molar-refractivity contribution in [1.82, 2.24) is 29.4 Å². The van der Waals surface area contributed by atoms with Crippen molar-refractivity contribution in [2.45, 2.75) is 75.9 Å². The zero-order chi connectivity index (χ0) is 38.6. The highest BCUT2D eigenvalue weighted by Crippen LogP contribution is 2.41. The van der Waals surface area contributed by atoms with E-state index in [4.69, 9.17) is 10.6 Å². The predicted octanol–water partition coefficient (Wildman–Crippen LogP) is 1.65. The number of unbranched alkanes of at least 4 members (excludes halogenated alkanes) is 2. The number of carbonyl (C=O) groups excluding carboxylic acids is 3. The van der Waals surface area contributed by atoms with E-state index in [0.717, 1.165) is 30.8 Å². The third-order valence-electron chi connectivity index (χ3n) is 9.22. The molecule has 5 rings (SSSR count). The molecule has 2 saturated heterocycles. The van der Waals surface area contributed by atoms with Gasteiger partial charge in [-0.3, -0.25) is 24.2 Å². The molecule has 0 bridgehead atoms. The molecule has 0 aliphatic carbocycles. The van der Waals surface area contributed by atoms with Crippen molar-refractivity contribution < 1.29 is 49.2 Å². The van der Waals surface area contributed by atoms with Crippen molar-refractivity contribution in [3.8, 4) is 11.5 Å². The van der Waals surface area contributed by atoms with Gasteiger partial charge in [0.2, 0.25) is 17.1 Å². The zero-order valence-corrected chi connectivity index (χ0v) is 31.0. The highest BCUT2D eigenvalue weighted by Gasteiger charge is 2.54. The Bertz CT molecular complexity index is 1820. The Morgan fingerprint density at radius 2 is 1.85 bits per heavy atom. The van der Waals surface area contributed by atoms with E-state index < -0.39 is 46.5 Å². The molecule has 3 aliphatic rings. The largest absolute Gasteiger partial charge is 0.504 e. The molecule has 3 aliphatic heterocycles. The molecule has 0 spiro atoms. The number of carboxylic acid groups (broad SMARTS) is 2. The Kier molecular flexibility index (Phi) is 12.1. The summed E-state index contributed by atoms with van der Waals surface area (Å²) in [7, 11) is 0. The van der Waals surface area contributed by atoms with Gasteiger partial charge in [0.15, 0.2) is 16.6 Å². The van der Waals surface area contributed by atoms with Gasteiger partial charge in [-0.15, -0.1) is 11.8 Å². The number of aromatic nitrogens is 2. The monoisotopic (exact) mass is 774 g/mol. The molecule has 1 aromatic carbocycles. The van der Waals surface area contributed by atoms with Crippen molar-refractivity contribution in [3.63, 3.8) is 0 Å². The van der Waals surface area contributed by atoms with Crippen LogP contribution in [0.25, 0.3) is 0 Å². The van der Waals surface area contributed by atoms with Crippen LogP contribution in [0.2, 0.25) is 0 Å². The minimum atomic E-state index is -1.81. The number of carbonyl (C=O) groups is 5. The number of aliphatic carboxylic acids is 2. The summed E-state index contributed by atoms with van der Waals surface area (Å²) in [6.45, 7) is 6.40. The molecule has 20 heteroatoms. The summed E-state index contributed by atoms with van der Waals surface area (Å²) in [5, 5.41) is 44.8. The Labute approximate surface area is 312 Å². The Hall–Kier alpha value is -4.95. The first-order valence-corrected chi connectivity index (χ1v) is 18.8. The van der Waals surface area contributed by atoms with E-state index >= 15 is 0 Å². The van der Waals surface area contributed by atoms with E-state index in [0.29, 0.717) is 44.6 Å². The second-order valence-corrected chi connectivity index (χ2v) is 15.2. The number of rotatable bonds is 15. The lowest BCUT2D eigenvalue weighted by atomic mass is 9.99. The van der Waals surface area contributed by atoms with Crippen molar-refractivity contribution >= 4 is 63.8 Å². The predicted molar refractivity (Wildman–Crippen MR) is 193 cm³/mol. The number of benzene rings is 1. The molecule has 53 heavy (non-hydrogen) atoms. The van der Waals surface area contributed by atoms with Crippen molar-refractivity contribution in [1.29, 1.82) is 0 Å². The van der Waals surface area contributed by atoms with Crippen LogP contribution >= 0.6 is 23.3 Å². The molecule has 0 radical (unpaired) electrons. The van der Waals surface area contributed by atoms with Crippen LogP contribution in [0, 0.1) is 0 Å². The van der Waals surface area contributed by atoms with Gasteiger partial charge in [0.25, 0.3) is 17.7 Å². The average Bonchev–Trinajstić information content (AvgIpc) is 3.56. The number of carboxylic acids is 2. The van der Waals surface area contributed by atoms with Crippen LogP contribution in [0.15, 0.2) is 34.6 Å². The fourth-order valence-corrected chi connectivity index (χ4v) is 7.97. The number of piperidine rings is 1. The van der Waals surface area contributed by atoms with Gasteiger partial charge >= 0.3 is 11.9 Å². The van der Waals surface area contributed by atoms with Gasteiger partial charge < -0.3 is 41.2 Å². The maximum Gasteiger partial charge on any atom is 0.352 e. The average molecular weight is 775 g/mol. The number of aromatic hydroxyl groups is 2. The number of thioether (sulfide) groups is 1. The van der Waals surface area contributed by atoms with Gasteiger partial charge in [0.05, 0.1) is 0 Å². The molecule has 3 amide bonds. The number of phenols is 2. The Balaban J connectivity index is 1.30. The number of fused-ring (bicyclic) bond motifs is 1. The number of phenolic OH excluding ortho intramolecular Hbond substituents is 2. The summed E-state index contributed by atoms with van der Waals surface area (Å²) >= 11 is 2.07. The molecule has 1 aromatic heterocycles. The number of likely N-dealkylation sites (tertiary alicyclic amines) is 1. The molecule has 286 valence electrons. The van der Waals surface area contributed by atoms with E-state index in [1.54, 1.807) is 4.90 Å². The quantitative estimate of drug-likeness (QED) is 0.0494. The van der Waals surface area contributed by atoms with Crippen LogP contribution in [0.3, 0.4) is 0 Å². The highest BCUT2D eigenvalue weighted by molar-refractivity contribution is 8.00. The highest BCUT2D eigenvalue weighted by atomic mass is 32.2. The molecular formula is C33H42N8O10S2. The molecular weight excluding hydrogens is 733 g/mol. The van der Waals surface area contributed by atoms with Gasteiger partial charge in [-0.25, -0.2) is 9.59 Å². The molecule has 2 atom stereocenters. The second-order valence-electron chi connectivity index (χ2n) is 13.3. The topological polar surface area (TPSA) is 261 Å². The molecule has 4 heterocycles. The lowest BCUT2D eigenvalue weighted by Gasteiger charge is -2.50. The van der Waals surface area contributed by atoms with E-state index in [1.807, 2.05) is 0 Å². The number of anilines is 1.